The molecule has 1 N–H and O–H groups in total. The Bertz CT molecular complexity index is 1050. The molecule has 7 heteroatoms. The molecule has 3 aromatic heterocycles. The monoisotopic (exact) mass is 434 g/mol. The standard InChI is InChI=1S/C25H34N6O/c32-25(27-13-8-16-29-14-3-1-2-4-15-29)20-9-6-17-30(19-20)24-22-11-7-18-31(22)21-10-5-12-26-23(21)28-24/h5,7,10-12,18,20H,1-4,6,8-9,13-17,19H2,(H,27,32). The fraction of sp³-hybridized carbons (Fsp3) is 0.560. The molecule has 1 unspecified atom stereocenters. The zero-order valence-corrected chi connectivity index (χ0v) is 18.9. The van der Waals surface area contributed by atoms with Crippen LogP contribution in [0.5, 0.6) is 0 Å². The van der Waals surface area contributed by atoms with Gasteiger partial charge >= 0.3 is 0 Å². The zero-order valence-electron chi connectivity index (χ0n) is 18.9. The summed E-state index contributed by atoms with van der Waals surface area (Å²) in [5.41, 5.74) is 2.82. The number of hydrogen-bond acceptors (Lipinski definition) is 5. The zero-order chi connectivity index (χ0) is 21.8. The molecule has 32 heavy (non-hydrogen) atoms. The molecule has 5 rings (SSSR count). The summed E-state index contributed by atoms with van der Waals surface area (Å²) >= 11 is 0. The van der Waals surface area contributed by atoms with Crippen molar-refractivity contribution in [1.29, 1.82) is 0 Å². The average Bonchev–Trinajstić information content (AvgIpc) is 3.19. The van der Waals surface area contributed by atoms with Crippen LogP contribution in [0.15, 0.2) is 36.7 Å². The molecule has 0 aromatic carbocycles. The number of nitrogens with one attached hydrogen (secondary N) is 1. The number of aromatic nitrogens is 3. The lowest BCUT2D eigenvalue weighted by atomic mass is 9.97. The van der Waals surface area contributed by atoms with Gasteiger partial charge in [-0.15, -0.1) is 0 Å². The van der Waals surface area contributed by atoms with Crippen molar-refractivity contribution in [3.63, 3.8) is 0 Å². The van der Waals surface area contributed by atoms with Gasteiger partial charge in [0, 0.05) is 32.0 Å². The number of anilines is 1. The summed E-state index contributed by atoms with van der Waals surface area (Å²) in [4.78, 5) is 27.1. The molecule has 2 saturated heterocycles. The predicted molar refractivity (Wildman–Crippen MR) is 128 cm³/mol. The maximum atomic E-state index is 12.9. The van der Waals surface area contributed by atoms with Gasteiger partial charge in [0.1, 0.15) is 0 Å². The third kappa shape index (κ3) is 4.58. The van der Waals surface area contributed by atoms with E-state index in [0.717, 1.165) is 61.4 Å². The highest BCUT2D eigenvalue weighted by molar-refractivity contribution is 5.84. The van der Waals surface area contributed by atoms with E-state index in [9.17, 15) is 4.79 Å². The Labute approximate surface area is 189 Å². The number of amides is 1. The van der Waals surface area contributed by atoms with Gasteiger partial charge in [-0.25, -0.2) is 9.97 Å². The van der Waals surface area contributed by atoms with Crippen molar-refractivity contribution in [2.45, 2.75) is 44.9 Å². The first-order chi connectivity index (χ1) is 15.8. The lowest BCUT2D eigenvalue weighted by molar-refractivity contribution is -0.125. The molecule has 7 nitrogen and oxygen atoms in total. The van der Waals surface area contributed by atoms with E-state index in [-0.39, 0.29) is 11.8 Å². The van der Waals surface area contributed by atoms with Crippen molar-refractivity contribution in [2.24, 2.45) is 5.92 Å². The summed E-state index contributed by atoms with van der Waals surface area (Å²) in [6.07, 6.45) is 12.2. The molecule has 2 aliphatic rings. The third-order valence-electron chi connectivity index (χ3n) is 6.96. The lowest BCUT2D eigenvalue weighted by Gasteiger charge is -2.33. The van der Waals surface area contributed by atoms with Crippen LogP contribution in [-0.2, 0) is 4.79 Å². The number of piperidine rings is 1. The van der Waals surface area contributed by atoms with Gasteiger partial charge in [-0.2, -0.15) is 0 Å². The van der Waals surface area contributed by atoms with E-state index in [1.807, 2.05) is 18.2 Å². The number of rotatable bonds is 6. The lowest BCUT2D eigenvalue weighted by Crippen LogP contribution is -2.44. The Morgan fingerprint density at radius 3 is 2.75 bits per heavy atom. The predicted octanol–water partition coefficient (Wildman–Crippen LogP) is 3.48. The highest BCUT2D eigenvalue weighted by atomic mass is 16.1. The molecule has 2 fully saturated rings. The fourth-order valence-corrected chi connectivity index (χ4v) is 5.23. The number of carbonyl (C=O) groups excluding carboxylic acids is 1. The summed E-state index contributed by atoms with van der Waals surface area (Å²) in [6, 6.07) is 8.13. The smallest absolute Gasteiger partial charge is 0.224 e. The largest absolute Gasteiger partial charge is 0.356 e. The number of pyridine rings is 1. The maximum absolute atomic E-state index is 12.9. The minimum absolute atomic E-state index is 0.0122. The Hall–Kier alpha value is -2.67. The Kier molecular flexibility index (Phi) is 6.53. The molecule has 1 amide bonds. The van der Waals surface area contributed by atoms with Crippen molar-refractivity contribution >= 4 is 28.4 Å². The van der Waals surface area contributed by atoms with E-state index in [0.29, 0.717) is 6.54 Å². The van der Waals surface area contributed by atoms with Crippen molar-refractivity contribution < 1.29 is 4.79 Å². The van der Waals surface area contributed by atoms with Crippen molar-refractivity contribution in [1.82, 2.24) is 24.6 Å². The fourth-order valence-electron chi connectivity index (χ4n) is 5.23. The average molecular weight is 435 g/mol. The summed E-state index contributed by atoms with van der Waals surface area (Å²) in [6.45, 7) is 5.93. The molecule has 170 valence electrons. The molecular weight excluding hydrogens is 400 g/mol. The second-order valence-corrected chi connectivity index (χ2v) is 9.23. The van der Waals surface area contributed by atoms with Gasteiger partial charge in [0.25, 0.3) is 0 Å². The first-order valence-corrected chi connectivity index (χ1v) is 12.3. The molecule has 3 aromatic rings. The number of likely N-dealkylation sites (tertiary alicyclic amines) is 1. The van der Waals surface area contributed by atoms with E-state index in [4.69, 9.17) is 4.98 Å². The van der Waals surface area contributed by atoms with E-state index in [2.05, 4.69) is 36.8 Å². The van der Waals surface area contributed by atoms with Crippen molar-refractivity contribution in [3.05, 3.63) is 36.7 Å². The van der Waals surface area contributed by atoms with Crippen LogP contribution in [0.3, 0.4) is 0 Å². The molecule has 5 heterocycles. The van der Waals surface area contributed by atoms with Crippen LogP contribution in [0.2, 0.25) is 0 Å². The van der Waals surface area contributed by atoms with E-state index < -0.39 is 0 Å². The topological polar surface area (TPSA) is 65.8 Å². The second-order valence-electron chi connectivity index (χ2n) is 9.23. The summed E-state index contributed by atoms with van der Waals surface area (Å²) < 4.78 is 2.15. The summed E-state index contributed by atoms with van der Waals surface area (Å²) in [5, 5.41) is 3.21. The number of nitrogens with zero attached hydrogens (tertiary/aromatic N) is 5. The first kappa shape index (κ1) is 21.2. The van der Waals surface area contributed by atoms with Gasteiger partial charge in [0.05, 0.1) is 17.0 Å². The van der Waals surface area contributed by atoms with Gasteiger partial charge < -0.3 is 19.5 Å². The van der Waals surface area contributed by atoms with Crippen LogP contribution in [0, 0.1) is 5.92 Å². The molecule has 0 aliphatic carbocycles. The second kappa shape index (κ2) is 9.86. The minimum Gasteiger partial charge on any atom is -0.356 e. The highest BCUT2D eigenvalue weighted by Gasteiger charge is 2.28. The molecule has 0 spiro atoms. The van der Waals surface area contributed by atoms with Crippen LogP contribution >= 0.6 is 0 Å². The minimum atomic E-state index is 0.0122. The van der Waals surface area contributed by atoms with Crippen LogP contribution in [0.1, 0.15) is 44.9 Å². The van der Waals surface area contributed by atoms with Gasteiger partial charge in [-0.05, 0) is 76.0 Å². The number of carbonyl (C=O) groups is 1. The normalized spacial score (nSPS) is 20.5. The van der Waals surface area contributed by atoms with Crippen molar-refractivity contribution in [2.75, 3.05) is 44.2 Å². The Balaban J connectivity index is 1.21. The van der Waals surface area contributed by atoms with Crippen LogP contribution in [0.25, 0.3) is 16.7 Å². The Morgan fingerprint density at radius 1 is 1.03 bits per heavy atom. The van der Waals surface area contributed by atoms with Crippen molar-refractivity contribution in [3.8, 4) is 0 Å². The molecule has 2 aliphatic heterocycles. The third-order valence-corrected chi connectivity index (χ3v) is 6.96. The quantitative estimate of drug-likeness (QED) is 0.602. The SMILES string of the molecule is O=C(NCCCN1CCCCCC1)C1CCCN(c2nc3ncccc3n3cccc23)C1. The van der Waals surface area contributed by atoms with Gasteiger partial charge in [0.15, 0.2) is 11.5 Å². The molecule has 0 bridgehead atoms. The van der Waals surface area contributed by atoms with E-state index in [1.54, 1.807) is 6.20 Å². The molecule has 1 atom stereocenters. The van der Waals surface area contributed by atoms with Crippen LogP contribution < -0.4 is 10.2 Å². The highest BCUT2D eigenvalue weighted by Crippen LogP contribution is 2.28. The van der Waals surface area contributed by atoms with E-state index in [1.165, 1.54) is 38.8 Å². The van der Waals surface area contributed by atoms with Crippen LogP contribution in [-0.4, -0.2) is 64.4 Å². The molecule has 0 radical (unpaired) electrons. The molecule has 0 saturated carbocycles. The van der Waals surface area contributed by atoms with Gasteiger partial charge in [-0.3, -0.25) is 4.79 Å². The Morgan fingerprint density at radius 2 is 1.88 bits per heavy atom. The van der Waals surface area contributed by atoms with E-state index >= 15 is 0 Å². The summed E-state index contributed by atoms with van der Waals surface area (Å²) in [7, 11) is 0. The summed E-state index contributed by atoms with van der Waals surface area (Å²) in [5.74, 6) is 1.13. The van der Waals surface area contributed by atoms with Gasteiger partial charge in [-0.1, -0.05) is 12.8 Å². The first-order valence-electron chi connectivity index (χ1n) is 12.3. The van der Waals surface area contributed by atoms with Crippen LogP contribution in [0.4, 0.5) is 5.82 Å². The number of hydrogen-bond donors (Lipinski definition) is 1. The van der Waals surface area contributed by atoms with Gasteiger partial charge in [0.2, 0.25) is 5.91 Å². The maximum Gasteiger partial charge on any atom is 0.224 e. The number of fused-ring (bicyclic) bond motifs is 3. The molecular formula is C25H34N6O.